The van der Waals surface area contributed by atoms with Gasteiger partial charge in [-0.15, -0.1) is 0 Å². The summed E-state index contributed by atoms with van der Waals surface area (Å²) in [5.74, 6) is 0. The summed E-state index contributed by atoms with van der Waals surface area (Å²) in [5, 5.41) is 9.21. The molecular formula is C54H32N2O2. The van der Waals surface area contributed by atoms with Crippen molar-refractivity contribution in [2.75, 3.05) is 0 Å². The molecule has 0 radical (unpaired) electrons. The normalized spacial score (nSPS) is 12.1. The summed E-state index contributed by atoms with van der Waals surface area (Å²) in [6, 6.07) is 69.3. The van der Waals surface area contributed by atoms with Gasteiger partial charge in [0, 0.05) is 65.6 Å². The van der Waals surface area contributed by atoms with Crippen molar-refractivity contribution >= 4 is 87.5 Å². The minimum atomic E-state index is 0.843. The summed E-state index contributed by atoms with van der Waals surface area (Å²) in [6.07, 6.45) is 0. The molecule has 0 spiro atoms. The quantitative estimate of drug-likeness (QED) is 0.180. The molecule has 58 heavy (non-hydrogen) atoms. The van der Waals surface area contributed by atoms with E-state index in [0.717, 1.165) is 77.5 Å². The van der Waals surface area contributed by atoms with E-state index in [1.54, 1.807) is 0 Å². The van der Waals surface area contributed by atoms with Crippen LogP contribution in [0.3, 0.4) is 0 Å². The minimum Gasteiger partial charge on any atom is -0.455 e. The molecule has 0 fully saturated rings. The zero-order valence-electron chi connectivity index (χ0n) is 31.2. The first-order chi connectivity index (χ1) is 28.8. The number of hydrogen-bond acceptors (Lipinski definition) is 2. The second kappa shape index (κ2) is 11.8. The summed E-state index contributed by atoms with van der Waals surface area (Å²) in [5.41, 5.74) is 14.7. The Labute approximate surface area is 332 Å². The summed E-state index contributed by atoms with van der Waals surface area (Å²) in [4.78, 5) is 0. The predicted molar refractivity (Wildman–Crippen MR) is 241 cm³/mol. The molecule has 0 N–H and O–H groups in total. The van der Waals surface area contributed by atoms with Gasteiger partial charge in [-0.1, -0.05) is 133 Å². The Balaban J connectivity index is 0.941. The molecule has 9 aromatic carbocycles. The van der Waals surface area contributed by atoms with Crippen molar-refractivity contribution in [1.82, 2.24) is 9.13 Å². The van der Waals surface area contributed by atoms with E-state index in [4.69, 9.17) is 8.83 Å². The number of hydrogen-bond donors (Lipinski definition) is 0. The SMILES string of the molecule is c1cc(-c2cccc3c2oc2cc4c(cc23)oc2c(-c3cccc(-n5c6ccccc6c6ccccc65)c3)cccc24)cc(-n2c3ccccc3c3ccccc32)c1. The van der Waals surface area contributed by atoms with Gasteiger partial charge in [-0.05, 0) is 71.8 Å². The van der Waals surface area contributed by atoms with Crippen LogP contribution in [0.15, 0.2) is 203 Å². The van der Waals surface area contributed by atoms with Crippen LogP contribution in [0.2, 0.25) is 0 Å². The highest BCUT2D eigenvalue weighted by atomic mass is 16.3. The van der Waals surface area contributed by atoms with Gasteiger partial charge in [0.25, 0.3) is 0 Å². The average molecular weight is 741 g/mol. The molecule has 4 aromatic heterocycles. The van der Waals surface area contributed by atoms with Gasteiger partial charge >= 0.3 is 0 Å². The number of benzene rings is 9. The Morgan fingerprint density at radius 3 is 1.02 bits per heavy atom. The van der Waals surface area contributed by atoms with Crippen molar-refractivity contribution < 1.29 is 8.83 Å². The van der Waals surface area contributed by atoms with Gasteiger partial charge in [-0.2, -0.15) is 0 Å². The van der Waals surface area contributed by atoms with E-state index in [1.807, 2.05) is 0 Å². The molecule has 0 bridgehead atoms. The Kier molecular flexibility index (Phi) is 6.41. The van der Waals surface area contributed by atoms with Crippen LogP contribution in [-0.4, -0.2) is 9.13 Å². The fraction of sp³-hybridized carbons (Fsp3) is 0. The molecule has 0 amide bonds. The molecule has 0 unspecified atom stereocenters. The van der Waals surface area contributed by atoms with Gasteiger partial charge in [-0.3, -0.25) is 0 Å². The van der Waals surface area contributed by atoms with Gasteiger partial charge in [0.2, 0.25) is 0 Å². The summed E-state index contributed by atoms with van der Waals surface area (Å²) in [6.45, 7) is 0. The Morgan fingerprint density at radius 2 is 0.621 bits per heavy atom. The number of fused-ring (bicyclic) bond motifs is 12. The maximum Gasteiger partial charge on any atom is 0.143 e. The van der Waals surface area contributed by atoms with Crippen molar-refractivity contribution in [1.29, 1.82) is 0 Å². The number of furan rings is 2. The molecule has 0 aliphatic heterocycles. The lowest BCUT2D eigenvalue weighted by molar-refractivity contribution is 0.665. The largest absolute Gasteiger partial charge is 0.455 e. The maximum atomic E-state index is 6.83. The first-order valence-electron chi connectivity index (χ1n) is 19.8. The van der Waals surface area contributed by atoms with E-state index in [0.29, 0.717) is 0 Å². The molecule has 270 valence electrons. The smallest absolute Gasteiger partial charge is 0.143 e. The zero-order valence-corrected chi connectivity index (χ0v) is 31.2. The van der Waals surface area contributed by atoms with Crippen LogP contribution >= 0.6 is 0 Å². The van der Waals surface area contributed by atoms with E-state index in [2.05, 4.69) is 203 Å². The van der Waals surface area contributed by atoms with Crippen LogP contribution in [0.25, 0.3) is 121 Å². The van der Waals surface area contributed by atoms with Crippen LogP contribution in [0.1, 0.15) is 0 Å². The third kappa shape index (κ3) is 4.40. The van der Waals surface area contributed by atoms with E-state index in [-0.39, 0.29) is 0 Å². The third-order valence-corrected chi connectivity index (χ3v) is 12.1. The molecule has 0 atom stereocenters. The van der Waals surface area contributed by atoms with Crippen molar-refractivity contribution in [2.45, 2.75) is 0 Å². The molecule has 0 saturated carbocycles. The number of aromatic nitrogens is 2. The third-order valence-electron chi connectivity index (χ3n) is 12.1. The molecular weight excluding hydrogens is 709 g/mol. The van der Waals surface area contributed by atoms with Gasteiger partial charge < -0.3 is 18.0 Å². The molecule has 4 nitrogen and oxygen atoms in total. The van der Waals surface area contributed by atoms with Crippen molar-refractivity contribution in [3.8, 4) is 33.6 Å². The Bertz CT molecular complexity index is 3460. The monoisotopic (exact) mass is 740 g/mol. The van der Waals surface area contributed by atoms with Crippen LogP contribution in [0.5, 0.6) is 0 Å². The van der Waals surface area contributed by atoms with Crippen LogP contribution < -0.4 is 0 Å². The maximum absolute atomic E-state index is 6.83. The second-order valence-corrected chi connectivity index (χ2v) is 15.3. The molecule has 13 aromatic rings. The number of rotatable bonds is 4. The number of nitrogens with zero attached hydrogens (tertiary/aromatic N) is 2. The number of para-hydroxylation sites is 6. The van der Waals surface area contributed by atoms with Crippen molar-refractivity contribution in [3.05, 3.63) is 194 Å². The van der Waals surface area contributed by atoms with Gasteiger partial charge in [0.15, 0.2) is 0 Å². The summed E-state index contributed by atoms with van der Waals surface area (Å²) < 4.78 is 18.4. The predicted octanol–water partition coefficient (Wildman–Crippen LogP) is 15.0. The first-order valence-corrected chi connectivity index (χ1v) is 19.8. The van der Waals surface area contributed by atoms with Crippen LogP contribution in [0, 0.1) is 0 Å². The molecule has 0 aliphatic rings. The van der Waals surface area contributed by atoms with Gasteiger partial charge in [-0.25, -0.2) is 0 Å². The van der Waals surface area contributed by atoms with E-state index >= 15 is 0 Å². The highest BCUT2D eigenvalue weighted by Crippen LogP contribution is 2.43. The molecule has 13 rings (SSSR count). The van der Waals surface area contributed by atoms with Crippen LogP contribution in [-0.2, 0) is 0 Å². The molecule has 4 heteroatoms. The summed E-state index contributed by atoms with van der Waals surface area (Å²) >= 11 is 0. The standard InChI is InChI=1S/C54H32N2O2/c1-5-25-47-39(17-1)40-18-2-6-26-48(40)55(47)35-15-9-13-33(29-35)37-21-11-23-43-45-31-52-46(32-51(45)57-53(37)43)44-24-12-22-38(54(44)58-52)34-14-10-16-36(30-34)56-49-27-7-3-19-41(49)42-20-4-8-28-50(42)56/h1-32H. The van der Waals surface area contributed by atoms with E-state index < -0.39 is 0 Å². The lowest BCUT2D eigenvalue weighted by atomic mass is 10.0. The first kappa shape index (κ1) is 31.4. The lowest BCUT2D eigenvalue weighted by Gasteiger charge is -2.10. The molecule has 0 aliphatic carbocycles. The fourth-order valence-corrected chi connectivity index (χ4v) is 9.57. The fourth-order valence-electron chi connectivity index (χ4n) is 9.57. The zero-order chi connectivity index (χ0) is 37.9. The van der Waals surface area contributed by atoms with Crippen molar-refractivity contribution in [2.24, 2.45) is 0 Å². The summed E-state index contributed by atoms with van der Waals surface area (Å²) in [7, 11) is 0. The molecule has 4 heterocycles. The van der Waals surface area contributed by atoms with Crippen molar-refractivity contribution in [3.63, 3.8) is 0 Å². The topological polar surface area (TPSA) is 36.1 Å². The highest BCUT2D eigenvalue weighted by molar-refractivity contribution is 6.18. The Morgan fingerprint density at radius 1 is 0.276 bits per heavy atom. The van der Waals surface area contributed by atoms with Gasteiger partial charge in [0.1, 0.15) is 22.3 Å². The Hall–Kier alpha value is -7.82. The van der Waals surface area contributed by atoms with E-state index in [1.165, 1.54) is 43.6 Å². The van der Waals surface area contributed by atoms with Crippen LogP contribution in [0.4, 0.5) is 0 Å². The van der Waals surface area contributed by atoms with Gasteiger partial charge in [0.05, 0.1) is 22.1 Å². The molecule has 0 saturated heterocycles. The second-order valence-electron chi connectivity index (χ2n) is 15.3. The average Bonchev–Trinajstić information content (AvgIpc) is 4.03. The highest BCUT2D eigenvalue weighted by Gasteiger charge is 2.20. The van der Waals surface area contributed by atoms with E-state index in [9.17, 15) is 0 Å². The lowest BCUT2D eigenvalue weighted by Crippen LogP contribution is -1.94. The minimum absolute atomic E-state index is 0.843.